The summed E-state index contributed by atoms with van der Waals surface area (Å²) in [6.45, 7) is 0. The second-order valence-electron chi connectivity index (χ2n) is 15.2. The summed E-state index contributed by atoms with van der Waals surface area (Å²) in [6, 6.07) is 78.8. The van der Waals surface area contributed by atoms with E-state index in [9.17, 15) is 0 Å². The van der Waals surface area contributed by atoms with Crippen LogP contribution < -0.4 is 0 Å². The van der Waals surface area contributed by atoms with Crippen molar-refractivity contribution in [3.63, 3.8) is 0 Å². The van der Waals surface area contributed by atoms with Crippen molar-refractivity contribution >= 4 is 21.8 Å². The van der Waals surface area contributed by atoms with Crippen molar-refractivity contribution < 1.29 is 0 Å². The van der Waals surface area contributed by atoms with Crippen LogP contribution in [0.2, 0.25) is 0 Å². The smallest absolute Gasteiger partial charge is 0.0725 e. The number of hydrogen-bond acceptors (Lipinski definition) is 0. The van der Waals surface area contributed by atoms with Gasteiger partial charge in [0.1, 0.15) is 0 Å². The van der Waals surface area contributed by atoms with Gasteiger partial charge in [0.15, 0.2) is 0 Å². The van der Waals surface area contributed by atoms with Crippen LogP contribution >= 0.6 is 0 Å². The molecule has 1 atom stereocenters. The number of nitrogens with zero attached hydrogens (tertiary/aromatic N) is 1. The largest absolute Gasteiger partial charge is 0.309 e. The van der Waals surface area contributed by atoms with E-state index in [4.69, 9.17) is 0 Å². The minimum absolute atomic E-state index is 0.442. The van der Waals surface area contributed by atoms with Crippen LogP contribution in [0.15, 0.2) is 212 Å². The Balaban J connectivity index is 1.10. The molecule has 0 aliphatic heterocycles. The topological polar surface area (TPSA) is 4.93 Å². The van der Waals surface area contributed by atoms with Crippen LogP contribution in [0.3, 0.4) is 0 Å². The molecule has 1 aromatic heterocycles. The molecule has 2 aliphatic rings. The maximum absolute atomic E-state index is 2.48. The fourth-order valence-corrected chi connectivity index (χ4v) is 10.0. The van der Waals surface area contributed by atoms with E-state index in [1.165, 1.54) is 105 Å². The molecule has 9 aromatic carbocycles. The maximum Gasteiger partial charge on any atom is 0.0725 e. The standard InChI is InChI=1S/C55H35N/c1-4-14-36(15-5-1)38-25-29-50-46(32-38)43-20-10-12-22-49(43)55(50)51-30-26-39(33-47(51)44-28-24-41(35-52(44)55)37-16-6-2-7-17-37)40-27-31-54-48(34-40)45-21-11-13-23-53(45)56(54)42-18-8-3-9-19-42/h1-35H. The second kappa shape index (κ2) is 11.9. The van der Waals surface area contributed by atoms with E-state index in [0.717, 1.165) is 0 Å². The van der Waals surface area contributed by atoms with Crippen molar-refractivity contribution in [1.29, 1.82) is 0 Å². The first-order valence-corrected chi connectivity index (χ1v) is 19.5. The predicted octanol–water partition coefficient (Wildman–Crippen LogP) is 14.1. The lowest BCUT2D eigenvalue weighted by atomic mass is 9.70. The Morgan fingerprint density at radius 3 is 1.46 bits per heavy atom. The Hall–Kier alpha value is -7.22. The van der Waals surface area contributed by atoms with Gasteiger partial charge in [0.05, 0.1) is 16.4 Å². The van der Waals surface area contributed by atoms with E-state index in [1.807, 2.05) is 0 Å². The summed E-state index contributed by atoms with van der Waals surface area (Å²) in [5, 5.41) is 2.53. The van der Waals surface area contributed by atoms with Crippen LogP contribution in [-0.4, -0.2) is 4.57 Å². The highest BCUT2D eigenvalue weighted by atomic mass is 15.0. The minimum Gasteiger partial charge on any atom is -0.309 e. The first kappa shape index (κ1) is 31.2. The molecule has 0 saturated carbocycles. The monoisotopic (exact) mass is 709 g/mol. The third kappa shape index (κ3) is 4.31. The van der Waals surface area contributed by atoms with Gasteiger partial charge in [-0.15, -0.1) is 0 Å². The highest BCUT2D eigenvalue weighted by Crippen LogP contribution is 2.63. The van der Waals surface area contributed by atoms with Gasteiger partial charge in [-0.2, -0.15) is 0 Å². The number of aromatic nitrogens is 1. The van der Waals surface area contributed by atoms with Gasteiger partial charge in [0.25, 0.3) is 0 Å². The third-order valence-corrected chi connectivity index (χ3v) is 12.4. The van der Waals surface area contributed by atoms with Gasteiger partial charge in [0.2, 0.25) is 0 Å². The number of para-hydroxylation sites is 2. The molecule has 0 amide bonds. The molecule has 0 radical (unpaired) electrons. The molecule has 1 heterocycles. The van der Waals surface area contributed by atoms with Gasteiger partial charge < -0.3 is 4.57 Å². The average Bonchev–Trinajstić information content (AvgIpc) is 3.88. The molecule has 0 saturated heterocycles. The highest BCUT2D eigenvalue weighted by Gasteiger charge is 2.51. The quantitative estimate of drug-likeness (QED) is 0.171. The summed E-state index contributed by atoms with van der Waals surface area (Å²) in [5.74, 6) is 0. The van der Waals surface area contributed by atoms with Crippen LogP contribution in [0.5, 0.6) is 0 Å². The number of hydrogen-bond donors (Lipinski definition) is 0. The molecule has 12 rings (SSSR count). The summed E-state index contributed by atoms with van der Waals surface area (Å²) >= 11 is 0. The summed E-state index contributed by atoms with van der Waals surface area (Å²) in [6.07, 6.45) is 0. The van der Waals surface area contributed by atoms with E-state index >= 15 is 0 Å². The molecule has 2 aliphatic carbocycles. The zero-order valence-corrected chi connectivity index (χ0v) is 30.7. The number of benzene rings is 9. The predicted molar refractivity (Wildman–Crippen MR) is 233 cm³/mol. The fourth-order valence-electron chi connectivity index (χ4n) is 10.0. The van der Waals surface area contributed by atoms with E-state index < -0.39 is 5.41 Å². The molecule has 0 bridgehead atoms. The summed E-state index contributed by atoms with van der Waals surface area (Å²) in [4.78, 5) is 0. The summed E-state index contributed by atoms with van der Waals surface area (Å²) < 4.78 is 2.39. The zero-order valence-electron chi connectivity index (χ0n) is 30.7. The van der Waals surface area contributed by atoms with E-state index in [1.54, 1.807) is 0 Å². The Morgan fingerprint density at radius 1 is 0.268 bits per heavy atom. The normalized spacial score (nSPS) is 14.9. The number of rotatable bonds is 4. The fraction of sp³-hybridized carbons (Fsp3) is 0.0182. The van der Waals surface area contributed by atoms with Crippen LogP contribution in [0.4, 0.5) is 0 Å². The minimum atomic E-state index is -0.442. The molecule has 1 spiro atoms. The van der Waals surface area contributed by atoms with Gasteiger partial charge in [-0.3, -0.25) is 0 Å². The van der Waals surface area contributed by atoms with Crippen LogP contribution in [-0.2, 0) is 5.41 Å². The summed E-state index contributed by atoms with van der Waals surface area (Å²) in [5.41, 5.74) is 21.2. The molecule has 1 heteroatoms. The lowest BCUT2D eigenvalue weighted by molar-refractivity contribution is 0.794. The first-order valence-electron chi connectivity index (χ1n) is 19.5. The van der Waals surface area contributed by atoms with E-state index in [2.05, 4.69) is 217 Å². The Kier molecular flexibility index (Phi) is 6.62. The molecule has 0 fully saturated rings. The molecular weight excluding hydrogens is 675 g/mol. The zero-order chi connectivity index (χ0) is 36.8. The van der Waals surface area contributed by atoms with Crippen molar-refractivity contribution in [2.24, 2.45) is 0 Å². The Morgan fingerprint density at radius 2 is 0.750 bits per heavy atom. The molecule has 0 N–H and O–H groups in total. The molecule has 1 unspecified atom stereocenters. The molecule has 10 aromatic rings. The first-order chi connectivity index (χ1) is 27.8. The molecular formula is C55H35N. The molecule has 56 heavy (non-hydrogen) atoms. The highest BCUT2D eigenvalue weighted by molar-refractivity contribution is 6.10. The van der Waals surface area contributed by atoms with Crippen molar-refractivity contribution in [1.82, 2.24) is 4.57 Å². The maximum atomic E-state index is 2.48. The van der Waals surface area contributed by atoms with Crippen LogP contribution in [0, 0.1) is 0 Å². The Bertz CT molecular complexity index is 3170. The SMILES string of the molecule is c1ccc(-c2ccc3c(c2)-c2ccccc2C32c3ccc(-c4ccc5c(c4)c4ccccc4n5-c4ccccc4)cc3-c3ccc(-c4ccccc4)cc32)cc1. The lowest BCUT2D eigenvalue weighted by Gasteiger charge is -2.31. The van der Waals surface area contributed by atoms with Gasteiger partial charge in [-0.1, -0.05) is 164 Å². The average molecular weight is 710 g/mol. The molecule has 260 valence electrons. The third-order valence-electron chi connectivity index (χ3n) is 12.4. The van der Waals surface area contributed by atoms with Crippen molar-refractivity contribution in [3.8, 4) is 61.3 Å². The van der Waals surface area contributed by atoms with Crippen molar-refractivity contribution in [2.75, 3.05) is 0 Å². The van der Waals surface area contributed by atoms with E-state index in [-0.39, 0.29) is 0 Å². The second-order valence-corrected chi connectivity index (χ2v) is 15.2. The number of fused-ring (bicyclic) bond motifs is 13. The van der Waals surface area contributed by atoms with Crippen LogP contribution in [0.1, 0.15) is 22.3 Å². The lowest BCUT2D eigenvalue weighted by Crippen LogP contribution is -2.25. The van der Waals surface area contributed by atoms with Gasteiger partial charge >= 0.3 is 0 Å². The summed E-state index contributed by atoms with van der Waals surface area (Å²) in [7, 11) is 0. The van der Waals surface area contributed by atoms with Gasteiger partial charge in [-0.25, -0.2) is 0 Å². The Labute approximate surface area is 326 Å². The van der Waals surface area contributed by atoms with Gasteiger partial charge in [0, 0.05) is 16.5 Å². The van der Waals surface area contributed by atoms with E-state index in [0.29, 0.717) is 0 Å². The van der Waals surface area contributed by atoms with Crippen LogP contribution in [0.25, 0.3) is 83.1 Å². The van der Waals surface area contributed by atoms with Gasteiger partial charge in [-0.05, 0) is 126 Å². The van der Waals surface area contributed by atoms with Crippen molar-refractivity contribution in [2.45, 2.75) is 5.41 Å². The van der Waals surface area contributed by atoms with Crippen molar-refractivity contribution in [3.05, 3.63) is 235 Å². The molecule has 1 nitrogen and oxygen atoms in total.